The van der Waals surface area contributed by atoms with Gasteiger partial charge < -0.3 is 20.1 Å². The number of fused-ring (bicyclic) bond motifs is 1. The Labute approximate surface area is 158 Å². The fourth-order valence-corrected chi connectivity index (χ4v) is 2.67. The number of amides is 2. The molecule has 2 aromatic carbocycles. The van der Waals surface area contributed by atoms with E-state index in [1.54, 1.807) is 24.3 Å². The highest BCUT2D eigenvalue weighted by Gasteiger charge is 2.33. The quantitative estimate of drug-likeness (QED) is 0.770. The van der Waals surface area contributed by atoms with Gasteiger partial charge >= 0.3 is 0 Å². The van der Waals surface area contributed by atoms with Gasteiger partial charge in [0.15, 0.2) is 17.1 Å². The maximum atomic E-state index is 12.4. The summed E-state index contributed by atoms with van der Waals surface area (Å²) in [6.07, 6.45) is 1.22. The van der Waals surface area contributed by atoms with E-state index in [2.05, 4.69) is 17.2 Å². The van der Waals surface area contributed by atoms with Crippen LogP contribution in [0.4, 0.5) is 0 Å². The predicted octanol–water partition coefficient (Wildman–Crippen LogP) is 2.45. The molecule has 0 saturated carbocycles. The molecule has 0 fully saturated rings. The molecule has 0 saturated heterocycles. The minimum atomic E-state index is -0.640. The van der Waals surface area contributed by atoms with Crippen molar-refractivity contribution >= 4 is 11.8 Å². The first-order valence-corrected chi connectivity index (χ1v) is 8.67. The normalized spacial score (nSPS) is 17.7. The van der Waals surface area contributed by atoms with Gasteiger partial charge in [-0.2, -0.15) is 0 Å². The van der Waals surface area contributed by atoms with E-state index < -0.39 is 5.60 Å². The summed E-state index contributed by atoms with van der Waals surface area (Å²) in [6.45, 7) is 6.36. The molecular formula is C21H22N2O4. The zero-order valence-corrected chi connectivity index (χ0v) is 15.2. The van der Waals surface area contributed by atoms with Gasteiger partial charge in [0.1, 0.15) is 6.61 Å². The maximum Gasteiger partial charge on any atom is 0.251 e. The van der Waals surface area contributed by atoms with Crippen molar-refractivity contribution in [3.8, 4) is 11.5 Å². The molecule has 0 radical (unpaired) electrons. The van der Waals surface area contributed by atoms with Gasteiger partial charge in [-0.3, -0.25) is 9.59 Å². The number of carbonyl (C=O) groups is 2. The third-order valence-electron chi connectivity index (χ3n) is 4.23. The second-order valence-corrected chi connectivity index (χ2v) is 6.59. The summed E-state index contributed by atoms with van der Waals surface area (Å²) in [5.41, 5.74) is 0.794. The van der Waals surface area contributed by atoms with Gasteiger partial charge in [-0.25, -0.2) is 0 Å². The van der Waals surface area contributed by atoms with Crippen LogP contribution in [0.2, 0.25) is 0 Å². The van der Waals surface area contributed by atoms with Gasteiger partial charge in [0.05, 0.1) is 6.54 Å². The number of hydrogen-bond donors (Lipinski definition) is 2. The molecule has 0 aliphatic carbocycles. The lowest BCUT2D eigenvalue weighted by atomic mass is 10.1. The number of nitrogens with one attached hydrogen (secondary N) is 2. The van der Waals surface area contributed by atoms with Gasteiger partial charge in [0.25, 0.3) is 5.91 Å². The third-order valence-corrected chi connectivity index (χ3v) is 4.23. The number of para-hydroxylation sites is 2. The molecule has 1 atom stereocenters. The molecule has 0 spiro atoms. The van der Waals surface area contributed by atoms with Crippen LogP contribution in [0.1, 0.15) is 22.8 Å². The second kappa shape index (κ2) is 7.95. The molecule has 140 valence electrons. The highest BCUT2D eigenvalue weighted by molar-refractivity contribution is 5.94. The van der Waals surface area contributed by atoms with E-state index in [1.807, 2.05) is 31.2 Å². The van der Waals surface area contributed by atoms with Crippen molar-refractivity contribution in [1.29, 1.82) is 0 Å². The molecule has 3 rings (SSSR count). The fourth-order valence-electron chi connectivity index (χ4n) is 2.67. The molecular weight excluding hydrogens is 344 g/mol. The Morgan fingerprint density at radius 1 is 1.11 bits per heavy atom. The summed E-state index contributed by atoms with van der Waals surface area (Å²) in [5, 5.41) is 5.58. The first-order chi connectivity index (χ1) is 13.0. The van der Waals surface area contributed by atoms with Crippen molar-refractivity contribution in [1.82, 2.24) is 10.6 Å². The fraction of sp³-hybridized carbons (Fsp3) is 0.238. The molecule has 2 aromatic rings. The molecule has 27 heavy (non-hydrogen) atoms. The van der Waals surface area contributed by atoms with Crippen LogP contribution >= 0.6 is 0 Å². The van der Waals surface area contributed by atoms with E-state index in [1.165, 1.54) is 6.08 Å². The molecule has 0 bridgehead atoms. The number of benzene rings is 2. The van der Waals surface area contributed by atoms with Crippen molar-refractivity contribution < 1.29 is 19.1 Å². The van der Waals surface area contributed by atoms with Crippen LogP contribution in [-0.2, 0) is 11.3 Å². The van der Waals surface area contributed by atoms with Crippen LogP contribution in [0.5, 0.6) is 11.5 Å². The van der Waals surface area contributed by atoms with E-state index in [9.17, 15) is 9.59 Å². The Morgan fingerprint density at radius 2 is 1.81 bits per heavy atom. The Balaban J connectivity index is 1.55. The minimum absolute atomic E-state index is 0.194. The smallest absolute Gasteiger partial charge is 0.251 e. The molecule has 2 N–H and O–H groups in total. The summed E-state index contributed by atoms with van der Waals surface area (Å²) in [6, 6.07) is 14.5. The highest BCUT2D eigenvalue weighted by atomic mass is 16.6. The number of ether oxygens (including phenoxy) is 2. The topological polar surface area (TPSA) is 76.7 Å². The average molecular weight is 366 g/mol. The second-order valence-electron chi connectivity index (χ2n) is 6.59. The van der Waals surface area contributed by atoms with Crippen molar-refractivity contribution in [3.63, 3.8) is 0 Å². The highest BCUT2D eigenvalue weighted by Crippen LogP contribution is 2.34. The van der Waals surface area contributed by atoms with Crippen molar-refractivity contribution in [2.75, 3.05) is 13.2 Å². The van der Waals surface area contributed by atoms with E-state index in [-0.39, 0.29) is 11.8 Å². The van der Waals surface area contributed by atoms with Crippen LogP contribution in [0.3, 0.4) is 0 Å². The Bertz CT molecular complexity index is 848. The lowest BCUT2D eigenvalue weighted by molar-refractivity contribution is -0.116. The average Bonchev–Trinajstić information content (AvgIpc) is 2.70. The molecule has 6 nitrogen and oxygen atoms in total. The predicted molar refractivity (Wildman–Crippen MR) is 102 cm³/mol. The third kappa shape index (κ3) is 4.67. The van der Waals surface area contributed by atoms with Crippen LogP contribution in [0.15, 0.2) is 61.2 Å². The van der Waals surface area contributed by atoms with E-state index in [0.717, 1.165) is 5.56 Å². The van der Waals surface area contributed by atoms with Crippen molar-refractivity contribution in [3.05, 3.63) is 72.3 Å². The van der Waals surface area contributed by atoms with Gasteiger partial charge in [0.2, 0.25) is 5.91 Å². The summed E-state index contributed by atoms with van der Waals surface area (Å²) in [4.78, 5) is 23.6. The van der Waals surface area contributed by atoms with Gasteiger partial charge in [-0.15, -0.1) is 0 Å². The number of rotatable bonds is 6. The SMILES string of the molecule is C=CC(=O)NCc1ccc(C(=O)NCC2(C)COc3ccccc3O2)cc1. The standard InChI is InChI=1S/C21H22N2O4/c1-3-19(24)22-12-15-8-10-16(11-9-15)20(25)23-13-21(2)14-26-17-6-4-5-7-18(17)27-21/h3-11H,1,12-14H2,2H3,(H,22,24)(H,23,25). The summed E-state index contributed by atoms with van der Waals surface area (Å²) >= 11 is 0. The monoisotopic (exact) mass is 366 g/mol. The van der Waals surface area contributed by atoms with Gasteiger partial charge in [-0.05, 0) is 42.8 Å². The summed E-state index contributed by atoms with van der Waals surface area (Å²) in [7, 11) is 0. The Kier molecular flexibility index (Phi) is 5.45. The largest absolute Gasteiger partial charge is 0.485 e. The molecule has 0 aromatic heterocycles. The van der Waals surface area contributed by atoms with E-state index in [4.69, 9.17) is 9.47 Å². The lowest BCUT2D eigenvalue weighted by Crippen LogP contribution is -2.51. The van der Waals surface area contributed by atoms with Crippen LogP contribution in [0.25, 0.3) is 0 Å². The number of carbonyl (C=O) groups excluding carboxylic acids is 2. The minimum Gasteiger partial charge on any atom is -0.485 e. The zero-order chi connectivity index (χ0) is 19.3. The molecule has 1 aliphatic heterocycles. The summed E-state index contributed by atoms with van der Waals surface area (Å²) in [5.74, 6) is 0.952. The van der Waals surface area contributed by atoms with Crippen molar-refractivity contribution in [2.45, 2.75) is 19.1 Å². The Morgan fingerprint density at radius 3 is 2.52 bits per heavy atom. The van der Waals surface area contributed by atoms with Crippen molar-refractivity contribution in [2.24, 2.45) is 0 Å². The molecule has 1 heterocycles. The Hall–Kier alpha value is -3.28. The first-order valence-electron chi connectivity index (χ1n) is 8.67. The maximum absolute atomic E-state index is 12.4. The molecule has 6 heteroatoms. The zero-order valence-electron chi connectivity index (χ0n) is 15.2. The van der Waals surface area contributed by atoms with E-state index >= 15 is 0 Å². The summed E-state index contributed by atoms with van der Waals surface area (Å²) < 4.78 is 11.7. The van der Waals surface area contributed by atoms with Gasteiger partial charge in [0, 0.05) is 12.1 Å². The van der Waals surface area contributed by atoms with Crippen LogP contribution in [-0.4, -0.2) is 30.6 Å². The van der Waals surface area contributed by atoms with Gasteiger partial charge in [-0.1, -0.05) is 30.8 Å². The van der Waals surface area contributed by atoms with E-state index in [0.29, 0.717) is 36.8 Å². The van der Waals surface area contributed by atoms with Crippen LogP contribution in [0, 0.1) is 0 Å². The van der Waals surface area contributed by atoms with Crippen LogP contribution < -0.4 is 20.1 Å². The molecule has 1 unspecified atom stereocenters. The lowest BCUT2D eigenvalue weighted by Gasteiger charge is -2.35. The number of hydrogen-bond acceptors (Lipinski definition) is 4. The molecule has 2 amide bonds. The molecule has 1 aliphatic rings. The first kappa shape index (κ1) is 18.5.